The van der Waals surface area contributed by atoms with Crippen molar-refractivity contribution in [1.29, 1.82) is 0 Å². The highest BCUT2D eigenvalue weighted by Gasteiger charge is 2.20. The average molecular weight is 303 g/mol. The van der Waals surface area contributed by atoms with E-state index in [0.717, 1.165) is 30.6 Å². The van der Waals surface area contributed by atoms with Crippen LogP contribution in [0.5, 0.6) is 5.75 Å². The number of benzene rings is 1. The van der Waals surface area contributed by atoms with Crippen LogP contribution in [-0.2, 0) is 0 Å². The van der Waals surface area contributed by atoms with E-state index in [9.17, 15) is 0 Å². The van der Waals surface area contributed by atoms with Gasteiger partial charge in [-0.1, -0.05) is 31.5 Å². The predicted octanol–water partition coefficient (Wildman–Crippen LogP) is 4.75. The standard InChI is InChI=1S/C20H33NO/c1-15-11-18(4)20(19(5)12-15)22-9-7-6-8-21-13-16(2)10-17(3)14-21/h11-12,16-17H,6-10,13-14H2,1-5H3/t16-,17-/m1/s1. The van der Waals surface area contributed by atoms with Gasteiger partial charge in [0.2, 0.25) is 0 Å². The largest absolute Gasteiger partial charge is 0.493 e. The summed E-state index contributed by atoms with van der Waals surface area (Å²) in [5.41, 5.74) is 3.84. The second kappa shape index (κ2) is 8.01. The van der Waals surface area contributed by atoms with Crippen molar-refractivity contribution < 1.29 is 4.74 Å². The second-order valence-corrected chi connectivity index (χ2v) is 7.49. The fourth-order valence-electron chi connectivity index (χ4n) is 3.98. The minimum absolute atomic E-state index is 0.837. The van der Waals surface area contributed by atoms with E-state index in [1.807, 2.05) is 0 Å². The third-order valence-corrected chi connectivity index (χ3v) is 4.66. The first-order valence-corrected chi connectivity index (χ1v) is 8.88. The Hall–Kier alpha value is -1.02. The van der Waals surface area contributed by atoms with Crippen molar-refractivity contribution in [3.63, 3.8) is 0 Å². The van der Waals surface area contributed by atoms with Crippen molar-refractivity contribution in [1.82, 2.24) is 4.90 Å². The molecule has 1 saturated heterocycles. The highest BCUT2D eigenvalue weighted by Crippen LogP contribution is 2.25. The van der Waals surface area contributed by atoms with E-state index in [0.29, 0.717) is 0 Å². The number of ether oxygens (including phenoxy) is 1. The molecule has 2 atom stereocenters. The molecule has 0 spiro atoms. The van der Waals surface area contributed by atoms with Crippen molar-refractivity contribution in [3.8, 4) is 5.75 Å². The van der Waals surface area contributed by atoms with Gasteiger partial charge in [-0.05, 0) is 69.5 Å². The molecule has 0 amide bonds. The van der Waals surface area contributed by atoms with Crippen LogP contribution in [-0.4, -0.2) is 31.1 Å². The van der Waals surface area contributed by atoms with E-state index in [4.69, 9.17) is 4.74 Å². The third kappa shape index (κ3) is 5.01. The van der Waals surface area contributed by atoms with Gasteiger partial charge in [-0.3, -0.25) is 0 Å². The smallest absolute Gasteiger partial charge is 0.125 e. The normalized spacial score (nSPS) is 22.8. The first-order valence-electron chi connectivity index (χ1n) is 8.88. The van der Waals surface area contributed by atoms with Crippen molar-refractivity contribution in [2.75, 3.05) is 26.2 Å². The molecule has 124 valence electrons. The number of aryl methyl sites for hydroxylation is 3. The lowest BCUT2D eigenvalue weighted by atomic mass is 9.92. The summed E-state index contributed by atoms with van der Waals surface area (Å²) in [6.45, 7) is 15.8. The molecule has 22 heavy (non-hydrogen) atoms. The Balaban J connectivity index is 1.69. The molecule has 0 radical (unpaired) electrons. The Morgan fingerprint density at radius 2 is 1.59 bits per heavy atom. The molecule has 1 aromatic carbocycles. The minimum atomic E-state index is 0.837. The lowest BCUT2D eigenvalue weighted by molar-refractivity contribution is 0.136. The maximum Gasteiger partial charge on any atom is 0.125 e. The highest BCUT2D eigenvalue weighted by molar-refractivity contribution is 5.42. The average Bonchev–Trinajstić information content (AvgIpc) is 2.39. The first kappa shape index (κ1) is 17.3. The summed E-state index contributed by atoms with van der Waals surface area (Å²) in [5.74, 6) is 2.81. The molecular weight excluding hydrogens is 270 g/mol. The molecule has 0 bridgehead atoms. The predicted molar refractivity (Wildman–Crippen MR) is 94.8 cm³/mol. The topological polar surface area (TPSA) is 12.5 Å². The quantitative estimate of drug-likeness (QED) is 0.703. The molecule has 1 aliphatic rings. The highest BCUT2D eigenvalue weighted by atomic mass is 16.5. The van der Waals surface area contributed by atoms with Crippen LogP contribution >= 0.6 is 0 Å². The number of unbranched alkanes of at least 4 members (excludes halogenated alkanes) is 1. The summed E-state index contributed by atoms with van der Waals surface area (Å²) >= 11 is 0. The van der Waals surface area contributed by atoms with Gasteiger partial charge >= 0.3 is 0 Å². The third-order valence-electron chi connectivity index (χ3n) is 4.66. The zero-order valence-electron chi connectivity index (χ0n) is 15.1. The Kier molecular flexibility index (Phi) is 6.31. The number of rotatable bonds is 6. The van der Waals surface area contributed by atoms with Gasteiger partial charge in [-0.2, -0.15) is 0 Å². The molecule has 1 fully saturated rings. The molecular formula is C20H33NO. The fourth-order valence-corrected chi connectivity index (χ4v) is 3.98. The molecule has 0 N–H and O–H groups in total. The van der Waals surface area contributed by atoms with Crippen LogP contribution in [0.4, 0.5) is 0 Å². The molecule has 2 rings (SSSR count). The number of hydrogen-bond donors (Lipinski definition) is 0. The Morgan fingerprint density at radius 3 is 2.18 bits per heavy atom. The lowest BCUT2D eigenvalue weighted by Gasteiger charge is -2.34. The number of likely N-dealkylation sites (tertiary alicyclic amines) is 1. The summed E-state index contributed by atoms with van der Waals surface area (Å²) in [7, 11) is 0. The molecule has 0 aromatic heterocycles. The SMILES string of the molecule is Cc1cc(C)c(OCCCCN2C[C@H](C)C[C@@H](C)C2)c(C)c1. The first-order chi connectivity index (χ1) is 10.5. The van der Waals surface area contributed by atoms with Crippen LogP contribution in [0, 0.1) is 32.6 Å². The van der Waals surface area contributed by atoms with Gasteiger partial charge in [0.05, 0.1) is 6.61 Å². The van der Waals surface area contributed by atoms with Gasteiger partial charge in [-0.15, -0.1) is 0 Å². The molecule has 0 saturated carbocycles. The van der Waals surface area contributed by atoms with Crippen LogP contribution in [0.25, 0.3) is 0 Å². The monoisotopic (exact) mass is 303 g/mol. The summed E-state index contributed by atoms with van der Waals surface area (Å²) in [6, 6.07) is 4.41. The maximum atomic E-state index is 6.04. The number of piperidine rings is 1. The van der Waals surface area contributed by atoms with Crippen LogP contribution in [0.2, 0.25) is 0 Å². The molecule has 0 unspecified atom stereocenters. The van der Waals surface area contributed by atoms with Gasteiger partial charge in [-0.25, -0.2) is 0 Å². The molecule has 0 aliphatic carbocycles. The van der Waals surface area contributed by atoms with Gasteiger partial charge in [0.1, 0.15) is 5.75 Å². The van der Waals surface area contributed by atoms with Crippen LogP contribution < -0.4 is 4.74 Å². The summed E-state index contributed by atoms with van der Waals surface area (Å²) in [6.07, 6.45) is 3.78. The van der Waals surface area contributed by atoms with Crippen molar-refractivity contribution >= 4 is 0 Å². The van der Waals surface area contributed by atoms with Crippen LogP contribution in [0.3, 0.4) is 0 Å². The summed E-state index contributed by atoms with van der Waals surface area (Å²) < 4.78 is 6.04. The Bertz CT molecular complexity index is 450. The summed E-state index contributed by atoms with van der Waals surface area (Å²) in [5, 5.41) is 0. The minimum Gasteiger partial charge on any atom is -0.493 e. The van der Waals surface area contributed by atoms with Gasteiger partial charge in [0.25, 0.3) is 0 Å². The van der Waals surface area contributed by atoms with E-state index in [2.05, 4.69) is 51.7 Å². The second-order valence-electron chi connectivity index (χ2n) is 7.49. The van der Waals surface area contributed by atoms with E-state index < -0.39 is 0 Å². The maximum absolute atomic E-state index is 6.04. The van der Waals surface area contributed by atoms with E-state index in [1.54, 1.807) is 0 Å². The van der Waals surface area contributed by atoms with Crippen LogP contribution in [0.1, 0.15) is 49.8 Å². The molecule has 1 aromatic rings. The van der Waals surface area contributed by atoms with Gasteiger partial charge in [0, 0.05) is 13.1 Å². The fraction of sp³-hybridized carbons (Fsp3) is 0.700. The van der Waals surface area contributed by atoms with Crippen molar-refractivity contribution in [2.24, 2.45) is 11.8 Å². The van der Waals surface area contributed by atoms with Crippen molar-refractivity contribution in [3.05, 3.63) is 28.8 Å². The molecule has 2 nitrogen and oxygen atoms in total. The summed E-state index contributed by atoms with van der Waals surface area (Å²) in [4.78, 5) is 2.64. The van der Waals surface area contributed by atoms with E-state index in [-0.39, 0.29) is 0 Å². The number of hydrogen-bond acceptors (Lipinski definition) is 2. The molecule has 1 heterocycles. The van der Waals surface area contributed by atoms with Crippen molar-refractivity contribution in [2.45, 2.75) is 53.9 Å². The van der Waals surface area contributed by atoms with E-state index in [1.165, 1.54) is 49.2 Å². The zero-order chi connectivity index (χ0) is 16.1. The van der Waals surface area contributed by atoms with Gasteiger partial charge < -0.3 is 9.64 Å². The van der Waals surface area contributed by atoms with Gasteiger partial charge in [0.15, 0.2) is 0 Å². The lowest BCUT2D eigenvalue weighted by Crippen LogP contribution is -2.39. The molecule has 1 aliphatic heterocycles. The number of nitrogens with zero attached hydrogens (tertiary/aromatic N) is 1. The zero-order valence-corrected chi connectivity index (χ0v) is 15.1. The van der Waals surface area contributed by atoms with Crippen LogP contribution in [0.15, 0.2) is 12.1 Å². The van der Waals surface area contributed by atoms with E-state index >= 15 is 0 Å². The molecule has 2 heteroatoms. The Morgan fingerprint density at radius 1 is 1.00 bits per heavy atom. The Labute approximate surface area is 136 Å².